The van der Waals surface area contributed by atoms with Crippen molar-refractivity contribution in [3.05, 3.63) is 22.6 Å². The number of benzene rings is 1. The summed E-state index contributed by atoms with van der Waals surface area (Å²) in [6.07, 6.45) is 0. The topological polar surface area (TPSA) is 78.6 Å². The molecule has 0 aromatic heterocycles. The Bertz CT molecular complexity index is 476. The van der Waals surface area contributed by atoms with E-state index in [1.54, 1.807) is 13.1 Å². The first-order valence-corrected chi connectivity index (χ1v) is 6.26. The van der Waals surface area contributed by atoms with E-state index in [0.717, 1.165) is 5.75 Å². The van der Waals surface area contributed by atoms with Gasteiger partial charge in [0.2, 0.25) is 0 Å². The fraction of sp³-hybridized carbons (Fsp3) is 0.364. The van der Waals surface area contributed by atoms with E-state index in [0.29, 0.717) is 10.6 Å². The maximum atomic E-state index is 11.5. The minimum atomic E-state index is -1.07. The van der Waals surface area contributed by atoms with Gasteiger partial charge in [0.15, 0.2) is 7.11 Å². The van der Waals surface area contributed by atoms with Crippen molar-refractivity contribution in [3.63, 3.8) is 0 Å². The van der Waals surface area contributed by atoms with Crippen molar-refractivity contribution >= 4 is 29.1 Å². The second-order valence-corrected chi connectivity index (χ2v) is 4.60. The molecule has 0 bridgehead atoms. The van der Waals surface area contributed by atoms with Crippen molar-refractivity contribution in [2.45, 2.75) is 11.8 Å². The van der Waals surface area contributed by atoms with Gasteiger partial charge in [0.05, 0.1) is 10.5 Å². The minimum Gasteiger partial charge on any atom is -0.478 e. The van der Waals surface area contributed by atoms with Gasteiger partial charge in [0.25, 0.3) is 4.92 Å². The van der Waals surface area contributed by atoms with Gasteiger partial charge in [-0.1, -0.05) is 6.92 Å². The Balaban J connectivity index is 3.40. The van der Waals surface area contributed by atoms with E-state index in [1.165, 1.54) is 24.9 Å². The van der Waals surface area contributed by atoms with Crippen molar-refractivity contribution in [2.75, 3.05) is 25.2 Å². The minimum absolute atomic E-state index is 0.0914. The first-order chi connectivity index (χ1) is 8.54. The number of carbonyl (C=O) groups is 1. The number of anilines is 1. The molecule has 0 aliphatic heterocycles. The van der Waals surface area contributed by atoms with Crippen LogP contribution in [0.1, 0.15) is 17.3 Å². The van der Waals surface area contributed by atoms with Crippen LogP contribution in [0.3, 0.4) is 0 Å². The molecule has 6 nitrogen and oxygen atoms in total. The molecule has 2 N–H and O–H groups in total. The molecule has 0 heterocycles. The average Bonchev–Trinajstić information content (AvgIpc) is 2.37. The van der Waals surface area contributed by atoms with Crippen LogP contribution in [0.2, 0.25) is 0 Å². The third kappa shape index (κ3) is 2.92. The highest BCUT2D eigenvalue weighted by atomic mass is 32.2. The second-order valence-electron chi connectivity index (χ2n) is 3.29. The number of hydrogen-bond acceptors (Lipinski definition) is 5. The van der Waals surface area contributed by atoms with Gasteiger partial charge < -0.3 is 10.4 Å². The van der Waals surface area contributed by atoms with Gasteiger partial charge in [-0.25, -0.2) is 9.63 Å². The van der Waals surface area contributed by atoms with E-state index in [1.807, 2.05) is 6.92 Å². The maximum Gasteiger partial charge on any atom is 0.340 e. The smallest absolute Gasteiger partial charge is 0.340 e. The molecule has 0 unspecified atom stereocenters. The van der Waals surface area contributed by atoms with Crippen molar-refractivity contribution in [3.8, 4) is 0 Å². The second kappa shape index (κ2) is 6.25. The molecule has 0 aliphatic carbocycles. The van der Waals surface area contributed by atoms with Gasteiger partial charge in [0, 0.05) is 18.0 Å². The lowest BCUT2D eigenvalue weighted by atomic mass is 10.1. The fourth-order valence-electron chi connectivity index (χ4n) is 1.46. The predicted molar refractivity (Wildman–Crippen MR) is 69.6 cm³/mol. The normalized spacial score (nSPS) is 9.94. The van der Waals surface area contributed by atoms with Crippen molar-refractivity contribution in [1.82, 2.24) is 0 Å². The third-order valence-corrected chi connectivity index (χ3v) is 3.20. The fourth-order valence-corrected chi connectivity index (χ4v) is 2.27. The summed E-state index contributed by atoms with van der Waals surface area (Å²) in [5.41, 5.74) is 0.749. The van der Waals surface area contributed by atoms with E-state index in [-0.39, 0.29) is 16.2 Å². The quantitative estimate of drug-likeness (QED) is 0.611. The number of carboxylic acid groups (broad SMARTS) is 1. The molecule has 1 aromatic carbocycles. The SMILES string of the molecule is CCSc1cc(NC)c([N+](=O)OC)cc1C(=O)O. The summed E-state index contributed by atoms with van der Waals surface area (Å²) in [6, 6.07) is 2.94. The molecular formula is C11H15N2O4S+. The Hall–Kier alpha value is -1.76. The lowest BCUT2D eigenvalue weighted by molar-refractivity contribution is -0.736. The van der Waals surface area contributed by atoms with E-state index >= 15 is 0 Å². The summed E-state index contributed by atoms with van der Waals surface area (Å²) < 4.78 is 0. The summed E-state index contributed by atoms with van der Waals surface area (Å²) >= 11 is 1.41. The van der Waals surface area contributed by atoms with Crippen LogP contribution in [0.4, 0.5) is 11.4 Å². The number of nitrogens with one attached hydrogen (secondary N) is 1. The predicted octanol–water partition coefficient (Wildman–Crippen LogP) is 2.51. The Kier molecular flexibility index (Phi) is 4.96. The van der Waals surface area contributed by atoms with Crippen LogP contribution in [0.15, 0.2) is 17.0 Å². The van der Waals surface area contributed by atoms with Crippen LogP contribution in [-0.4, -0.2) is 35.9 Å². The standard InChI is InChI=1S/C11H14N2O4S/c1-4-18-10-6-8(12-2)9(13(16)17-3)5-7(10)11(14)15/h5-6H,4H2,1-3H3,(H-,12,14,15,16)/p+1. The van der Waals surface area contributed by atoms with Crippen LogP contribution >= 0.6 is 11.8 Å². The molecule has 0 saturated carbocycles. The van der Waals surface area contributed by atoms with Gasteiger partial charge >= 0.3 is 11.7 Å². The van der Waals surface area contributed by atoms with Crippen LogP contribution in [0, 0.1) is 4.91 Å². The maximum absolute atomic E-state index is 11.5. The zero-order valence-corrected chi connectivity index (χ0v) is 11.2. The molecule has 7 heteroatoms. The Morgan fingerprint density at radius 3 is 2.67 bits per heavy atom. The van der Waals surface area contributed by atoms with E-state index in [2.05, 4.69) is 10.2 Å². The van der Waals surface area contributed by atoms with Gasteiger partial charge in [-0.15, -0.1) is 11.8 Å². The molecule has 0 fully saturated rings. The highest BCUT2D eigenvalue weighted by Crippen LogP contribution is 2.33. The molecule has 1 aromatic rings. The highest BCUT2D eigenvalue weighted by Gasteiger charge is 2.25. The number of rotatable bonds is 6. The van der Waals surface area contributed by atoms with Crippen LogP contribution in [0.25, 0.3) is 0 Å². The molecule has 1 rings (SSSR count). The summed E-state index contributed by atoms with van der Waals surface area (Å²) in [7, 11) is 2.88. The molecular weight excluding hydrogens is 256 g/mol. The first kappa shape index (κ1) is 14.3. The zero-order valence-electron chi connectivity index (χ0n) is 10.4. The van der Waals surface area contributed by atoms with E-state index in [9.17, 15) is 9.70 Å². The zero-order chi connectivity index (χ0) is 13.7. The molecule has 0 aliphatic rings. The Labute approximate surface area is 109 Å². The number of nitrogens with zero attached hydrogens (tertiary/aromatic N) is 1. The highest BCUT2D eigenvalue weighted by molar-refractivity contribution is 7.99. The van der Waals surface area contributed by atoms with Crippen LogP contribution < -0.4 is 5.32 Å². The molecule has 0 spiro atoms. The van der Waals surface area contributed by atoms with Gasteiger partial charge in [-0.2, -0.15) is 0 Å². The Morgan fingerprint density at radius 1 is 1.56 bits per heavy atom. The Morgan fingerprint density at radius 2 is 2.22 bits per heavy atom. The molecule has 0 amide bonds. The lowest BCUT2D eigenvalue weighted by Crippen LogP contribution is -2.06. The van der Waals surface area contributed by atoms with Gasteiger partial charge in [0.1, 0.15) is 5.69 Å². The summed E-state index contributed by atoms with van der Waals surface area (Å²) in [4.78, 5) is 28.1. The van der Waals surface area contributed by atoms with E-state index < -0.39 is 5.97 Å². The molecule has 18 heavy (non-hydrogen) atoms. The van der Waals surface area contributed by atoms with Crippen LogP contribution in [0.5, 0.6) is 0 Å². The summed E-state index contributed by atoms with van der Waals surface area (Å²) in [6.45, 7) is 1.93. The van der Waals surface area contributed by atoms with Crippen molar-refractivity contribution in [1.29, 1.82) is 0 Å². The third-order valence-electron chi connectivity index (χ3n) is 2.26. The van der Waals surface area contributed by atoms with Gasteiger partial charge in [-0.05, 0) is 11.8 Å². The number of aromatic carboxylic acids is 1. The van der Waals surface area contributed by atoms with E-state index in [4.69, 9.17) is 5.11 Å². The molecule has 98 valence electrons. The summed E-state index contributed by atoms with van der Waals surface area (Å²) in [5, 5.41) is 12.0. The number of thioether (sulfide) groups is 1. The van der Waals surface area contributed by atoms with Crippen molar-refractivity contribution in [2.24, 2.45) is 0 Å². The molecule has 0 radical (unpaired) electrons. The van der Waals surface area contributed by atoms with Crippen molar-refractivity contribution < 1.29 is 19.7 Å². The number of carboxylic acids is 1. The lowest BCUT2D eigenvalue weighted by Gasteiger charge is -2.07. The van der Waals surface area contributed by atoms with Gasteiger partial charge in [-0.3, -0.25) is 0 Å². The molecule has 0 saturated heterocycles. The van der Waals surface area contributed by atoms with Crippen LogP contribution in [-0.2, 0) is 4.84 Å². The average molecular weight is 271 g/mol. The summed E-state index contributed by atoms with van der Waals surface area (Å²) in [5.74, 6) is -0.326. The monoisotopic (exact) mass is 271 g/mol. The number of hydrogen-bond donors (Lipinski definition) is 2. The molecule has 0 atom stereocenters. The largest absolute Gasteiger partial charge is 0.478 e. The first-order valence-electron chi connectivity index (χ1n) is 5.28.